The maximum absolute atomic E-state index is 11.8. The quantitative estimate of drug-likeness (QED) is 0.616. The lowest BCUT2D eigenvalue weighted by molar-refractivity contribution is 0.730. The fraction of sp³-hybridized carbons (Fsp3) is 0.273. The van der Waals surface area contributed by atoms with Crippen LogP contribution in [-0.2, 0) is 14.1 Å². The molecule has 0 aliphatic heterocycles. The molecule has 2 aromatic heterocycles. The van der Waals surface area contributed by atoms with Gasteiger partial charge in [-0.1, -0.05) is 6.58 Å². The Hall–Kier alpha value is -2.24. The Morgan fingerprint density at radius 3 is 2.12 bits per heavy atom. The topological polar surface area (TPSA) is 75.6 Å². The molecule has 2 N–H and O–H groups in total. The van der Waals surface area contributed by atoms with Gasteiger partial charge in [0, 0.05) is 19.8 Å². The largest absolute Gasteiger partial charge is 0.300 e. The van der Waals surface area contributed by atoms with E-state index in [0.29, 0.717) is 16.1 Å². The summed E-state index contributed by atoms with van der Waals surface area (Å²) in [5.41, 5.74) is 0.844. The lowest BCUT2D eigenvalue weighted by atomic mass is 10.2. The summed E-state index contributed by atoms with van der Waals surface area (Å²) in [7, 11) is 3.24. The standard InChI is InChI=1S/C11H14N4O2/c1-6-8(10(16)14(3)12-6)5-9-7(2)13-15(4)11(9)17/h5,12-13H,1H2,2-4H3. The van der Waals surface area contributed by atoms with Gasteiger partial charge in [0.25, 0.3) is 11.1 Å². The molecule has 0 bridgehead atoms. The fourth-order valence-corrected chi connectivity index (χ4v) is 1.79. The highest BCUT2D eigenvalue weighted by molar-refractivity contribution is 5.50. The van der Waals surface area contributed by atoms with Gasteiger partial charge < -0.3 is 0 Å². The van der Waals surface area contributed by atoms with Crippen molar-refractivity contribution >= 4 is 12.7 Å². The number of hydrogen-bond acceptors (Lipinski definition) is 2. The summed E-state index contributed by atoms with van der Waals surface area (Å²) in [4.78, 5) is 23.5. The molecule has 2 rings (SSSR count). The predicted molar refractivity (Wildman–Crippen MR) is 65.1 cm³/mol. The molecule has 0 saturated carbocycles. The van der Waals surface area contributed by atoms with Crippen molar-refractivity contribution in [3.63, 3.8) is 0 Å². The molecule has 0 fully saturated rings. The molecule has 17 heavy (non-hydrogen) atoms. The van der Waals surface area contributed by atoms with E-state index in [9.17, 15) is 9.59 Å². The zero-order valence-corrected chi connectivity index (χ0v) is 10.00. The number of aromatic amines is 2. The van der Waals surface area contributed by atoms with Gasteiger partial charge in [0.2, 0.25) is 0 Å². The van der Waals surface area contributed by atoms with Crippen LogP contribution in [0.1, 0.15) is 11.3 Å². The van der Waals surface area contributed by atoms with Gasteiger partial charge in [0.05, 0.1) is 16.1 Å². The molecule has 0 aromatic carbocycles. The smallest absolute Gasteiger partial charge is 0.274 e. The molecule has 0 saturated heterocycles. The van der Waals surface area contributed by atoms with Gasteiger partial charge in [-0.3, -0.25) is 29.2 Å². The molecular formula is C11H14N4O2. The highest BCUT2D eigenvalue weighted by atomic mass is 16.1. The van der Waals surface area contributed by atoms with Gasteiger partial charge in [-0.05, 0) is 13.0 Å². The molecule has 0 aliphatic carbocycles. The van der Waals surface area contributed by atoms with Crippen LogP contribution in [0.2, 0.25) is 0 Å². The highest BCUT2D eigenvalue weighted by Gasteiger charge is 2.07. The van der Waals surface area contributed by atoms with Crippen LogP contribution in [0.3, 0.4) is 0 Å². The van der Waals surface area contributed by atoms with Gasteiger partial charge in [-0.15, -0.1) is 0 Å². The SMILES string of the molecule is C=c1[nH]n(C)c(=O)c1=Cc1c(C)[nH]n(C)c1=O. The second kappa shape index (κ2) is 3.65. The zero-order chi connectivity index (χ0) is 12.7. The van der Waals surface area contributed by atoms with Gasteiger partial charge in [-0.25, -0.2) is 0 Å². The van der Waals surface area contributed by atoms with Crippen molar-refractivity contribution in [1.82, 2.24) is 19.6 Å². The lowest BCUT2D eigenvalue weighted by Crippen LogP contribution is -2.34. The van der Waals surface area contributed by atoms with Crippen molar-refractivity contribution in [1.29, 1.82) is 0 Å². The number of nitrogens with one attached hydrogen (secondary N) is 2. The van der Waals surface area contributed by atoms with E-state index in [4.69, 9.17) is 0 Å². The molecule has 2 aromatic rings. The van der Waals surface area contributed by atoms with E-state index < -0.39 is 0 Å². The van der Waals surface area contributed by atoms with Crippen LogP contribution >= 0.6 is 0 Å². The number of H-pyrrole nitrogens is 2. The number of hydrogen-bond donors (Lipinski definition) is 2. The van der Waals surface area contributed by atoms with Gasteiger partial charge in [0.15, 0.2) is 0 Å². The third-order valence-electron chi connectivity index (χ3n) is 2.73. The second-order valence-corrected chi connectivity index (χ2v) is 4.03. The minimum atomic E-state index is -0.197. The summed E-state index contributed by atoms with van der Waals surface area (Å²) in [6, 6.07) is 0. The molecule has 0 radical (unpaired) electrons. The Morgan fingerprint density at radius 1 is 1.12 bits per heavy atom. The first-order valence-corrected chi connectivity index (χ1v) is 5.13. The van der Waals surface area contributed by atoms with Crippen molar-refractivity contribution in [2.24, 2.45) is 14.1 Å². The van der Waals surface area contributed by atoms with E-state index in [-0.39, 0.29) is 11.1 Å². The van der Waals surface area contributed by atoms with Crippen LogP contribution in [-0.4, -0.2) is 19.6 Å². The molecule has 0 unspecified atom stereocenters. The molecule has 0 amide bonds. The number of aromatic nitrogens is 4. The van der Waals surface area contributed by atoms with Crippen molar-refractivity contribution in [2.75, 3.05) is 0 Å². The van der Waals surface area contributed by atoms with Gasteiger partial charge in [-0.2, -0.15) is 0 Å². The average Bonchev–Trinajstić information content (AvgIpc) is 2.62. The van der Waals surface area contributed by atoms with Crippen molar-refractivity contribution in [3.05, 3.63) is 42.5 Å². The molecule has 0 spiro atoms. The second-order valence-electron chi connectivity index (χ2n) is 4.03. The summed E-state index contributed by atoms with van der Waals surface area (Å²) >= 11 is 0. The molecule has 6 nitrogen and oxygen atoms in total. The first kappa shape index (κ1) is 11.3. The first-order valence-electron chi connectivity index (χ1n) is 5.13. The van der Waals surface area contributed by atoms with Crippen LogP contribution in [0.15, 0.2) is 9.59 Å². The Kier molecular flexibility index (Phi) is 2.42. The summed E-state index contributed by atoms with van der Waals surface area (Å²) in [6.07, 6.45) is 1.56. The monoisotopic (exact) mass is 234 g/mol. The number of aryl methyl sites for hydroxylation is 3. The Labute approximate surface area is 96.5 Å². The summed E-state index contributed by atoms with van der Waals surface area (Å²) < 4.78 is 2.71. The summed E-state index contributed by atoms with van der Waals surface area (Å²) in [6.45, 7) is 5.52. The third kappa shape index (κ3) is 1.67. The fourth-order valence-electron chi connectivity index (χ4n) is 1.79. The molecule has 2 heterocycles. The minimum absolute atomic E-state index is 0.162. The van der Waals surface area contributed by atoms with Crippen molar-refractivity contribution in [2.45, 2.75) is 6.92 Å². The maximum Gasteiger partial charge on any atom is 0.274 e. The highest BCUT2D eigenvalue weighted by Crippen LogP contribution is 1.97. The Bertz CT molecular complexity index is 785. The van der Waals surface area contributed by atoms with Gasteiger partial charge >= 0.3 is 0 Å². The van der Waals surface area contributed by atoms with Gasteiger partial charge in [0.1, 0.15) is 0 Å². The van der Waals surface area contributed by atoms with E-state index in [2.05, 4.69) is 16.8 Å². The molecule has 6 heteroatoms. The van der Waals surface area contributed by atoms with Crippen LogP contribution in [0, 0.1) is 6.92 Å². The van der Waals surface area contributed by atoms with Crippen molar-refractivity contribution < 1.29 is 0 Å². The van der Waals surface area contributed by atoms with E-state index in [1.54, 1.807) is 27.1 Å². The maximum atomic E-state index is 11.8. The lowest BCUT2D eigenvalue weighted by Gasteiger charge is -1.84. The van der Waals surface area contributed by atoms with E-state index in [1.165, 1.54) is 9.36 Å². The molecule has 90 valence electrons. The Balaban J connectivity index is 2.85. The molecular weight excluding hydrogens is 220 g/mol. The van der Waals surface area contributed by atoms with Crippen LogP contribution in [0.25, 0.3) is 12.7 Å². The summed E-state index contributed by atoms with van der Waals surface area (Å²) in [5.74, 6) is 0. The normalized spacial score (nSPS) is 12.3. The Morgan fingerprint density at radius 2 is 1.71 bits per heavy atom. The van der Waals surface area contributed by atoms with E-state index in [1.807, 2.05) is 0 Å². The van der Waals surface area contributed by atoms with Crippen LogP contribution in [0.5, 0.6) is 0 Å². The number of nitrogens with zero attached hydrogens (tertiary/aromatic N) is 2. The van der Waals surface area contributed by atoms with Crippen LogP contribution < -0.4 is 21.7 Å². The minimum Gasteiger partial charge on any atom is -0.300 e. The predicted octanol–water partition coefficient (Wildman–Crippen LogP) is -1.71. The van der Waals surface area contributed by atoms with Crippen molar-refractivity contribution in [3.8, 4) is 0 Å². The van der Waals surface area contributed by atoms with E-state index >= 15 is 0 Å². The zero-order valence-electron chi connectivity index (χ0n) is 10.00. The van der Waals surface area contributed by atoms with Crippen LogP contribution in [0.4, 0.5) is 0 Å². The number of rotatable bonds is 1. The molecule has 0 aliphatic rings. The van der Waals surface area contributed by atoms with E-state index in [0.717, 1.165) is 5.69 Å². The molecule has 0 atom stereocenters. The first-order chi connectivity index (χ1) is 7.91. The average molecular weight is 234 g/mol. The summed E-state index contributed by atoms with van der Waals surface area (Å²) in [5, 5.41) is 6.57. The third-order valence-corrected chi connectivity index (χ3v) is 2.73.